The van der Waals surface area contributed by atoms with Crippen molar-refractivity contribution in [3.63, 3.8) is 0 Å². The van der Waals surface area contributed by atoms with Crippen LogP contribution in [0.2, 0.25) is 0 Å². The van der Waals surface area contributed by atoms with Gasteiger partial charge in [-0.15, -0.1) is 0 Å². The van der Waals surface area contributed by atoms with Gasteiger partial charge in [-0.2, -0.15) is 0 Å². The summed E-state index contributed by atoms with van der Waals surface area (Å²) in [5.74, 6) is -5.19. The van der Waals surface area contributed by atoms with Gasteiger partial charge in [0, 0.05) is 6.42 Å². The molecular formula is C11H18BrNO9. The third-order valence-electron chi connectivity index (χ3n) is 3.29. The van der Waals surface area contributed by atoms with Gasteiger partial charge in [-0.1, -0.05) is 15.9 Å². The van der Waals surface area contributed by atoms with Crippen molar-refractivity contribution in [2.75, 3.05) is 11.9 Å². The molecule has 10 nitrogen and oxygen atoms in total. The van der Waals surface area contributed by atoms with E-state index in [1.165, 1.54) is 0 Å². The first-order chi connectivity index (χ1) is 10.2. The SMILES string of the molecule is O=C(CBr)N[C@H]1[C@H]([C@H](O)[C@H](O)CO)O[C@](O)(C(=O)O)C[C@@H]1O. The van der Waals surface area contributed by atoms with Crippen LogP contribution in [0.1, 0.15) is 6.42 Å². The van der Waals surface area contributed by atoms with Gasteiger partial charge >= 0.3 is 5.97 Å². The molecule has 0 aromatic heterocycles. The molecule has 0 saturated carbocycles. The van der Waals surface area contributed by atoms with Crippen molar-refractivity contribution < 1.29 is 45.0 Å². The van der Waals surface area contributed by atoms with Gasteiger partial charge in [0.2, 0.25) is 5.91 Å². The third-order valence-corrected chi connectivity index (χ3v) is 3.80. The molecule has 0 spiro atoms. The second kappa shape index (κ2) is 7.64. The molecule has 11 heteroatoms. The van der Waals surface area contributed by atoms with E-state index >= 15 is 0 Å². The van der Waals surface area contributed by atoms with Gasteiger partial charge in [-0.25, -0.2) is 4.79 Å². The lowest BCUT2D eigenvalue weighted by Gasteiger charge is -2.44. The van der Waals surface area contributed by atoms with Gasteiger partial charge in [0.15, 0.2) is 0 Å². The zero-order valence-corrected chi connectivity index (χ0v) is 12.9. The molecule has 6 atom stereocenters. The predicted molar refractivity (Wildman–Crippen MR) is 72.9 cm³/mol. The maximum absolute atomic E-state index is 11.4. The summed E-state index contributed by atoms with van der Waals surface area (Å²) in [6, 6.07) is -1.29. The topological polar surface area (TPSA) is 177 Å². The Morgan fingerprint density at radius 2 is 2.00 bits per heavy atom. The summed E-state index contributed by atoms with van der Waals surface area (Å²) >= 11 is 2.88. The minimum atomic E-state index is -2.80. The highest BCUT2D eigenvalue weighted by atomic mass is 79.9. The Balaban J connectivity index is 3.07. The molecule has 1 heterocycles. The Labute approximate surface area is 133 Å². The van der Waals surface area contributed by atoms with Crippen molar-refractivity contribution >= 4 is 27.8 Å². The van der Waals surface area contributed by atoms with E-state index in [2.05, 4.69) is 21.2 Å². The van der Waals surface area contributed by atoms with Gasteiger partial charge < -0.3 is 40.7 Å². The van der Waals surface area contributed by atoms with Crippen molar-refractivity contribution in [1.29, 1.82) is 0 Å². The van der Waals surface area contributed by atoms with Crippen LogP contribution in [0.25, 0.3) is 0 Å². The van der Waals surface area contributed by atoms with Crippen LogP contribution in [0.15, 0.2) is 0 Å². The highest BCUT2D eigenvalue weighted by molar-refractivity contribution is 9.09. The first kappa shape index (κ1) is 19.2. The number of carbonyl (C=O) groups is 2. The van der Waals surface area contributed by atoms with E-state index in [-0.39, 0.29) is 5.33 Å². The molecule has 0 aromatic carbocycles. The molecule has 0 radical (unpaired) electrons. The Kier molecular flexibility index (Phi) is 6.67. The van der Waals surface area contributed by atoms with Crippen LogP contribution in [0.3, 0.4) is 0 Å². The summed E-state index contributed by atoms with van der Waals surface area (Å²) in [4.78, 5) is 22.5. The van der Waals surface area contributed by atoms with Crippen LogP contribution >= 0.6 is 15.9 Å². The number of hydrogen-bond acceptors (Lipinski definition) is 8. The Morgan fingerprint density at radius 3 is 2.45 bits per heavy atom. The van der Waals surface area contributed by atoms with Crippen molar-refractivity contribution in [2.24, 2.45) is 0 Å². The summed E-state index contributed by atoms with van der Waals surface area (Å²) in [5.41, 5.74) is 0. The number of amides is 1. The summed E-state index contributed by atoms with van der Waals surface area (Å²) in [6.07, 6.45) is -7.56. The molecule has 128 valence electrons. The van der Waals surface area contributed by atoms with Crippen LogP contribution in [-0.4, -0.2) is 90.7 Å². The highest BCUT2D eigenvalue weighted by Gasteiger charge is 2.53. The Morgan fingerprint density at radius 1 is 1.41 bits per heavy atom. The van der Waals surface area contributed by atoms with E-state index in [1.807, 2.05) is 0 Å². The summed E-state index contributed by atoms with van der Waals surface area (Å²) in [6.45, 7) is -0.873. The maximum atomic E-state index is 11.4. The van der Waals surface area contributed by atoms with Crippen molar-refractivity contribution in [1.82, 2.24) is 5.32 Å². The molecule has 7 N–H and O–H groups in total. The van der Waals surface area contributed by atoms with Gasteiger partial charge in [0.1, 0.15) is 18.3 Å². The fourth-order valence-corrected chi connectivity index (χ4v) is 2.29. The largest absolute Gasteiger partial charge is 0.477 e. The monoisotopic (exact) mass is 387 g/mol. The zero-order valence-electron chi connectivity index (χ0n) is 11.3. The number of carbonyl (C=O) groups excluding carboxylic acids is 1. The summed E-state index contributed by atoms with van der Waals surface area (Å²) in [7, 11) is 0. The minimum Gasteiger partial charge on any atom is -0.477 e. The standard InChI is InChI=1S/C11H18BrNO9/c12-2-6(17)13-7-4(15)1-11(21,10(19)20)22-9(7)8(18)5(16)3-14/h4-5,7-9,14-16,18,21H,1-3H2,(H,13,17)(H,19,20)/t4-,5+,7+,8+,9+,11-/m0/s1. The third kappa shape index (κ3) is 4.13. The lowest BCUT2D eigenvalue weighted by atomic mass is 9.88. The van der Waals surface area contributed by atoms with Gasteiger partial charge in [0.05, 0.1) is 24.1 Å². The van der Waals surface area contributed by atoms with E-state index in [4.69, 9.17) is 14.9 Å². The number of hydrogen-bond donors (Lipinski definition) is 7. The minimum absolute atomic E-state index is 0.134. The lowest BCUT2D eigenvalue weighted by Crippen LogP contribution is -2.67. The number of carboxylic acid groups (broad SMARTS) is 1. The average Bonchev–Trinajstić information content (AvgIpc) is 2.47. The van der Waals surface area contributed by atoms with Crippen LogP contribution in [0.5, 0.6) is 0 Å². The summed E-state index contributed by atoms with van der Waals surface area (Å²) in [5, 5.41) is 59.2. The van der Waals surface area contributed by atoms with Crippen molar-refractivity contribution in [2.45, 2.75) is 42.7 Å². The Hall–Kier alpha value is -0.820. The van der Waals surface area contributed by atoms with E-state index in [1.54, 1.807) is 0 Å². The molecule has 0 unspecified atom stereocenters. The fraction of sp³-hybridized carbons (Fsp3) is 0.818. The number of carboxylic acids is 1. The smallest absolute Gasteiger partial charge is 0.364 e. The Bertz CT molecular complexity index is 422. The normalized spacial score (nSPS) is 34.7. The van der Waals surface area contributed by atoms with Crippen molar-refractivity contribution in [3.8, 4) is 0 Å². The molecule has 1 aliphatic rings. The van der Waals surface area contributed by atoms with Crippen LogP contribution in [0.4, 0.5) is 0 Å². The molecule has 1 fully saturated rings. The van der Waals surface area contributed by atoms with Gasteiger partial charge in [0.25, 0.3) is 5.79 Å². The highest BCUT2D eigenvalue weighted by Crippen LogP contribution is 2.30. The zero-order chi connectivity index (χ0) is 17.1. The number of alkyl halides is 1. The lowest BCUT2D eigenvalue weighted by molar-refractivity contribution is -0.295. The second-order valence-electron chi connectivity index (χ2n) is 4.91. The van der Waals surface area contributed by atoms with E-state index in [0.29, 0.717) is 0 Å². The number of nitrogens with one attached hydrogen (secondary N) is 1. The molecule has 0 aliphatic carbocycles. The quantitative estimate of drug-likeness (QED) is 0.228. The number of rotatable bonds is 6. The number of aliphatic carboxylic acids is 1. The molecule has 0 bridgehead atoms. The molecule has 0 aromatic rings. The molecule has 1 saturated heterocycles. The molecule has 22 heavy (non-hydrogen) atoms. The van der Waals surface area contributed by atoms with E-state index in [9.17, 15) is 30.0 Å². The maximum Gasteiger partial charge on any atom is 0.364 e. The first-order valence-corrected chi connectivity index (χ1v) is 7.42. The summed E-state index contributed by atoms with van der Waals surface area (Å²) < 4.78 is 4.89. The number of ether oxygens (including phenoxy) is 1. The predicted octanol–water partition coefficient (Wildman–Crippen LogP) is -3.50. The second-order valence-corrected chi connectivity index (χ2v) is 5.47. The molecular weight excluding hydrogens is 370 g/mol. The number of halogens is 1. The van der Waals surface area contributed by atoms with Crippen LogP contribution in [0, 0.1) is 0 Å². The van der Waals surface area contributed by atoms with E-state index < -0.39 is 61.1 Å². The number of aliphatic hydroxyl groups excluding tert-OH is 4. The van der Waals surface area contributed by atoms with Gasteiger partial charge in [-0.3, -0.25) is 4.79 Å². The van der Waals surface area contributed by atoms with Crippen molar-refractivity contribution in [3.05, 3.63) is 0 Å². The fourth-order valence-electron chi connectivity index (χ4n) is 2.13. The average molecular weight is 388 g/mol. The first-order valence-electron chi connectivity index (χ1n) is 6.30. The number of aliphatic hydroxyl groups is 5. The van der Waals surface area contributed by atoms with Crippen LogP contribution in [-0.2, 0) is 14.3 Å². The van der Waals surface area contributed by atoms with Gasteiger partial charge in [-0.05, 0) is 0 Å². The molecule has 1 rings (SSSR count). The van der Waals surface area contributed by atoms with Crippen LogP contribution < -0.4 is 5.32 Å². The molecule has 1 amide bonds. The molecule has 1 aliphatic heterocycles. The van der Waals surface area contributed by atoms with E-state index in [0.717, 1.165) is 0 Å².